The zero-order chi connectivity index (χ0) is 22.5. The molecule has 8 heteroatoms. The SMILES string of the molecule is Cc1cc(NC(=O)c2ccco2)sc1C(=O)Nc1cccc(COc2cccc(F)c2)c1. The number of halogens is 1. The summed E-state index contributed by atoms with van der Waals surface area (Å²) in [6.07, 6.45) is 1.42. The molecule has 2 heterocycles. The molecule has 4 aromatic rings. The fourth-order valence-electron chi connectivity index (χ4n) is 3.00. The molecule has 0 saturated carbocycles. The van der Waals surface area contributed by atoms with E-state index in [-0.39, 0.29) is 30.0 Å². The van der Waals surface area contributed by atoms with Crippen LogP contribution in [0.5, 0.6) is 5.75 Å². The molecule has 0 fully saturated rings. The van der Waals surface area contributed by atoms with E-state index in [0.717, 1.165) is 11.1 Å². The lowest BCUT2D eigenvalue weighted by Gasteiger charge is -2.09. The second-order valence-corrected chi connectivity index (χ2v) is 8.01. The normalized spacial score (nSPS) is 10.6. The molecular weight excluding hydrogens is 431 g/mol. The maximum atomic E-state index is 13.3. The highest BCUT2D eigenvalue weighted by Gasteiger charge is 2.17. The number of ether oxygens (including phenoxy) is 1. The van der Waals surface area contributed by atoms with Crippen molar-refractivity contribution in [3.8, 4) is 5.75 Å². The molecule has 0 spiro atoms. The van der Waals surface area contributed by atoms with Gasteiger partial charge in [0.25, 0.3) is 11.8 Å². The van der Waals surface area contributed by atoms with E-state index in [9.17, 15) is 14.0 Å². The van der Waals surface area contributed by atoms with Gasteiger partial charge in [-0.15, -0.1) is 11.3 Å². The minimum absolute atomic E-state index is 0.194. The van der Waals surface area contributed by atoms with Crippen LogP contribution in [0.1, 0.15) is 31.4 Å². The summed E-state index contributed by atoms with van der Waals surface area (Å²) in [5.74, 6) is -0.407. The van der Waals surface area contributed by atoms with Crippen LogP contribution in [0.3, 0.4) is 0 Å². The standard InChI is InChI=1S/C24H19FN2O4S/c1-15-11-21(27-23(28)20-9-4-10-30-20)32-22(15)24(29)26-18-7-2-5-16(12-18)14-31-19-8-3-6-17(25)13-19/h2-13H,14H2,1H3,(H,26,29)(H,27,28). The number of aryl methyl sites for hydroxylation is 1. The average molecular weight is 450 g/mol. The first-order valence-corrected chi connectivity index (χ1v) is 10.5. The number of amides is 2. The van der Waals surface area contributed by atoms with E-state index in [1.54, 1.807) is 55.5 Å². The van der Waals surface area contributed by atoms with Crippen LogP contribution in [-0.2, 0) is 6.61 Å². The summed E-state index contributed by atoms with van der Waals surface area (Å²) in [6.45, 7) is 2.03. The molecule has 0 atom stereocenters. The Hall–Kier alpha value is -3.91. The molecule has 0 radical (unpaired) electrons. The van der Waals surface area contributed by atoms with Crippen LogP contribution in [0.25, 0.3) is 0 Å². The van der Waals surface area contributed by atoms with Crippen molar-refractivity contribution in [3.63, 3.8) is 0 Å². The Kier molecular flexibility index (Phi) is 6.32. The number of anilines is 2. The number of hydrogen-bond donors (Lipinski definition) is 2. The number of carbonyl (C=O) groups excluding carboxylic acids is 2. The number of hydrogen-bond acceptors (Lipinski definition) is 5. The first kappa shape index (κ1) is 21.3. The van der Waals surface area contributed by atoms with Gasteiger partial charge in [0.2, 0.25) is 0 Å². The molecule has 2 amide bonds. The van der Waals surface area contributed by atoms with Crippen molar-refractivity contribution in [2.24, 2.45) is 0 Å². The van der Waals surface area contributed by atoms with Gasteiger partial charge in [-0.25, -0.2) is 4.39 Å². The molecule has 6 nitrogen and oxygen atoms in total. The number of furan rings is 1. The molecule has 4 rings (SSSR count). The Morgan fingerprint density at radius 3 is 2.62 bits per heavy atom. The molecule has 2 N–H and O–H groups in total. The Morgan fingerprint density at radius 2 is 1.84 bits per heavy atom. The minimum atomic E-state index is -0.380. The van der Waals surface area contributed by atoms with E-state index >= 15 is 0 Å². The Labute approximate surface area is 187 Å². The summed E-state index contributed by atoms with van der Waals surface area (Å²) in [7, 11) is 0. The van der Waals surface area contributed by atoms with Crippen LogP contribution < -0.4 is 15.4 Å². The third-order valence-electron chi connectivity index (χ3n) is 4.49. The first-order chi connectivity index (χ1) is 15.5. The third-order valence-corrected chi connectivity index (χ3v) is 5.64. The smallest absolute Gasteiger partial charge is 0.291 e. The van der Waals surface area contributed by atoms with Crippen molar-refractivity contribution >= 4 is 33.8 Å². The lowest BCUT2D eigenvalue weighted by Crippen LogP contribution is -2.11. The number of benzene rings is 2. The predicted octanol–water partition coefficient (Wildman–Crippen LogP) is 5.87. The number of rotatable bonds is 7. The van der Waals surface area contributed by atoms with E-state index in [2.05, 4.69) is 10.6 Å². The van der Waals surface area contributed by atoms with E-state index in [1.165, 1.54) is 29.7 Å². The highest BCUT2D eigenvalue weighted by atomic mass is 32.1. The molecule has 0 unspecified atom stereocenters. The van der Waals surface area contributed by atoms with Gasteiger partial charge in [-0.3, -0.25) is 9.59 Å². The highest BCUT2D eigenvalue weighted by molar-refractivity contribution is 7.18. The maximum Gasteiger partial charge on any atom is 0.291 e. The fraction of sp³-hybridized carbons (Fsp3) is 0.0833. The third kappa shape index (κ3) is 5.22. The van der Waals surface area contributed by atoms with E-state index < -0.39 is 0 Å². The Morgan fingerprint density at radius 1 is 1.00 bits per heavy atom. The highest BCUT2D eigenvalue weighted by Crippen LogP contribution is 2.28. The van der Waals surface area contributed by atoms with Gasteiger partial charge in [-0.2, -0.15) is 0 Å². The summed E-state index contributed by atoms with van der Waals surface area (Å²) in [6, 6.07) is 18.1. The molecular formula is C24H19FN2O4S. The number of nitrogens with one attached hydrogen (secondary N) is 2. The van der Waals surface area contributed by atoms with Crippen LogP contribution in [-0.4, -0.2) is 11.8 Å². The van der Waals surface area contributed by atoms with E-state index in [1.807, 2.05) is 6.07 Å². The molecule has 0 aliphatic carbocycles. The zero-order valence-electron chi connectivity index (χ0n) is 17.1. The quantitative estimate of drug-likeness (QED) is 0.369. The van der Waals surface area contributed by atoms with Crippen molar-refractivity contribution in [2.45, 2.75) is 13.5 Å². The summed E-state index contributed by atoms with van der Waals surface area (Å²) >= 11 is 1.18. The van der Waals surface area contributed by atoms with Crippen molar-refractivity contribution in [2.75, 3.05) is 10.6 Å². The first-order valence-electron chi connectivity index (χ1n) is 9.72. The van der Waals surface area contributed by atoms with Crippen LogP contribution in [0, 0.1) is 12.7 Å². The lowest BCUT2D eigenvalue weighted by molar-refractivity contribution is 0.0995. The van der Waals surface area contributed by atoms with Gasteiger partial charge in [-0.1, -0.05) is 18.2 Å². The van der Waals surface area contributed by atoms with Gasteiger partial charge in [0.15, 0.2) is 5.76 Å². The van der Waals surface area contributed by atoms with E-state index in [0.29, 0.717) is 21.3 Å². The van der Waals surface area contributed by atoms with Gasteiger partial charge < -0.3 is 19.8 Å². The Balaban J connectivity index is 1.40. The van der Waals surface area contributed by atoms with Crippen LogP contribution in [0.2, 0.25) is 0 Å². The van der Waals surface area contributed by atoms with Gasteiger partial charge in [0.1, 0.15) is 18.2 Å². The summed E-state index contributed by atoms with van der Waals surface area (Å²) in [5, 5.41) is 6.15. The molecule has 32 heavy (non-hydrogen) atoms. The van der Waals surface area contributed by atoms with Gasteiger partial charge >= 0.3 is 0 Å². The van der Waals surface area contributed by atoms with E-state index in [4.69, 9.17) is 9.15 Å². The van der Waals surface area contributed by atoms with Crippen molar-refractivity contribution in [3.05, 3.63) is 101 Å². The second kappa shape index (κ2) is 9.49. The largest absolute Gasteiger partial charge is 0.489 e. The van der Waals surface area contributed by atoms with Crippen LogP contribution in [0.15, 0.2) is 77.4 Å². The molecule has 2 aromatic heterocycles. The zero-order valence-corrected chi connectivity index (χ0v) is 17.9. The predicted molar refractivity (Wildman–Crippen MR) is 121 cm³/mol. The average Bonchev–Trinajstić information content (AvgIpc) is 3.43. The number of carbonyl (C=O) groups is 2. The molecule has 0 bridgehead atoms. The maximum absolute atomic E-state index is 13.3. The molecule has 0 saturated heterocycles. The summed E-state index contributed by atoms with van der Waals surface area (Å²) in [5.41, 5.74) is 2.17. The topological polar surface area (TPSA) is 80.6 Å². The second-order valence-electron chi connectivity index (χ2n) is 6.95. The van der Waals surface area contributed by atoms with Gasteiger partial charge in [0, 0.05) is 11.8 Å². The Bertz CT molecular complexity index is 1250. The van der Waals surface area contributed by atoms with Crippen molar-refractivity contribution in [1.82, 2.24) is 0 Å². The van der Waals surface area contributed by atoms with Gasteiger partial charge in [-0.05, 0) is 60.5 Å². The molecule has 0 aliphatic rings. The molecule has 0 aliphatic heterocycles. The van der Waals surface area contributed by atoms with Crippen LogP contribution >= 0.6 is 11.3 Å². The summed E-state index contributed by atoms with van der Waals surface area (Å²) < 4.78 is 24.0. The number of thiophene rings is 1. The van der Waals surface area contributed by atoms with Gasteiger partial charge in [0.05, 0.1) is 16.1 Å². The monoisotopic (exact) mass is 450 g/mol. The lowest BCUT2D eigenvalue weighted by atomic mass is 10.2. The fourth-order valence-corrected chi connectivity index (χ4v) is 3.96. The van der Waals surface area contributed by atoms with Crippen molar-refractivity contribution in [1.29, 1.82) is 0 Å². The minimum Gasteiger partial charge on any atom is -0.489 e. The molecule has 2 aromatic carbocycles. The molecule has 162 valence electrons. The summed E-state index contributed by atoms with van der Waals surface area (Å²) in [4.78, 5) is 25.4. The van der Waals surface area contributed by atoms with Crippen molar-refractivity contribution < 1.29 is 23.1 Å². The van der Waals surface area contributed by atoms with Crippen LogP contribution in [0.4, 0.5) is 15.1 Å².